The van der Waals surface area contributed by atoms with Gasteiger partial charge in [0.05, 0.1) is 10.0 Å². The minimum Gasteiger partial charge on any atom is -0.479 e. The van der Waals surface area contributed by atoms with E-state index in [1.54, 1.807) is 25.1 Å². The Morgan fingerprint density at radius 3 is 2.43 bits per heavy atom. The van der Waals surface area contributed by atoms with E-state index in [0.717, 1.165) is 11.3 Å². The van der Waals surface area contributed by atoms with E-state index >= 15 is 0 Å². The molecule has 0 aliphatic rings. The molecule has 0 radical (unpaired) electrons. The van der Waals surface area contributed by atoms with Gasteiger partial charge in [-0.25, -0.2) is 4.79 Å². The van der Waals surface area contributed by atoms with Crippen molar-refractivity contribution in [3.8, 4) is 0 Å². The zero-order valence-corrected chi connectivity index (χ0v) is 13.2. The highest BCUT2D eigenvalue weighted by Gasteiger charge is 2.35. The number of carboxylic acid groups (broad SMARTS) is 1. The number of carboxylic acids is 1. The third kappa shape index (κ3) is 3.31. The summed E-state index contributed by atoms with van der Waals surface area (Å²) < 4.78 is 0. The predicted molar refractivity (Wildman–Crippen MR) is 86.3 cm³/mol. The number of aryl methyl sites for hydroxylation is 1. The summed E-state index contributed by atoms with van der Waals surface area (Å²) in [6.07, 6.45) is 0. The first-order valence-electron chi connectivity index (χ1n) is 6.37. The summed E-state index contributed by atoms with van der Waals surface area (Å²) in [6, 6.07) is 12.4. The van der Waals surface area contributed by atoms with E-state index in [1.807, 2.05) is 31.2 Å². The standard InChI is InChI=1S/C16H15Cl2NO2/c1-10-4-3-5-12(8-10)19-16(2,15(20)21)11-6-7-13(17)14(18)9-11/h3-9,19H,1-2H3,(H,20,21). The van der Waals surface area contributed by atoms with Gasteiger partial charge in [-0.1, -0.05) is 41.4 Å². The number of hydrogen-bond donors (Lipinski definition) is 2. The lowest BCUT2D eigenvalue weighted by Gasteiger charge is -2.28. The molecule has 0 amide bonds. The SMILES string of the molecule is Cc1cccc(NC(C)(C(=O)O)c2ccc(Cl)c(Cl)c2)c1. The number of benzene rings is 2. The average Bonchev–Trinajstić information content (AvgIpc) is 2.41. The number of carbonyl (C=O) groups is 1. The Hall–Kier alpha value is -1.71. The van der Waals surface area contributed by atoms with E-state index in [2.05, 4.69) is 5.32 Å². The van der Waals surface area contributed by atoms with Crippen LogP contribution in [0.5, 0.6) is 0 Å². The fourth-order valence-corrected chi connectivity index (χ4v) is 2.37. The van der Waals surface area contributed by atoms with Crippen LogP contribution in [0, 0.1) is 6.92 Å². The average molecular weight is 324 g/mol. The molecular weight excluding hydrogens is 309 g/mol. The van der Waals surface area contributed by atoms with Crippen LogP contribution in [0.2, 0.25) is 10.0 Å². The number of aliphatic carboxylic acids is 1. The van der Waals surface area contributed by atoms with Crippen LogP contribution in [0.15, 0.2) is 42.5 Å². The molecule has 3 nitrogen and oxygen atoms in total. The summed E-state index contributed by atoms with van der Waals surface area (Å²) in [5.74, 6) is -0.998. The van der Waals surface area contributed by atoms with Crippen LogP contribution in [0.25, 0.3) is 0 Å². The Bertz CT molecular complexity index is 688. The molecule has 0 aliphatic carbocycles. The van der Waals surface area contributed by atoms with Crippen molar-refractivity contribution in [2.75, 3.05) is 5.32 Å². The number of anilines is 1. The minimum absolute atomic E-state index is 0.327. The monoisotopic (exact) mass is 323 g/mol. The fraction of sp³-hybridized carbons (Fsp3) is 0.188. The highest BCUT2D eigenvalue weighted by Crippen LogP contribution is 2.31. The molecule has 0 aromatic heterocycles. The van der Waals surface area contributed by atoms with E-state index in [0.29, 0.717) is 15.6 Å². The van der Waals surface area contributed by atoms with Gasteiger partial charge in [0, 0.05) is 5.69 Å². The largest absolute Gasteiger partial charge is 0.479 e. The van der Waals surface area contributed by atoms with Crippen LogP contribution in [0.1, 0.15) is 18.1 Å². The molecule has 0 saturated heterocycles. The first-order chi connectivity index (χ1) is 9.83. The van der Waals surface area contributed by atoms with Crippen molar-refractivity contribution in [2.45, 2.75) is 19.4 Å². The van der Waals surface area contributed by atoms with Crippen molar-refractivity contribution in [1.29, 1.82) is 0 Å². The molecular formula is C16H15Cl2NO2. The van der Waals surface area contributed by atoms with Gasteiger partial charge in [0.25, 0.3) is 0 Å². The lowest BCUT2D eigenvalue weighted by atomic mass is 9.91. The summed E-state index contributed by atoms with van der Waals surface area (Å²) in [4.78, 5) is 11.8. The maximum absolute atomic E-state index is 11.8. The lowest BCUT2D eigenvalue weighted by Crippen LogP contribution is -2.40. The molecule has 0 heterocycles. The van der Waals surface area contributed by atoms with Crippen molar-refractivity contribution in [3.05, 3.63) is 63.6 Å². The van der Waals surface area contributed by atoms with Crippen LogP contribution in [0.4, 0.5) is 5.69 Å². The van der Waals surface area contributed by atoms with Gasteiger partial charge < -0.3 is 10.4 Å². The van der Waals surface area contributed by atoms with E-state index in [1.165, 1.54) is 0 Å². The van der Waals surface area contributed by atoms with Crippen molar-refractivity contribution < 1.29 is 9.90 Å². The summed E-state index contributed by atoms with van der Waals surface area (Å²) in [6.45, 7) is 3.54. The Morgan fingerprint density at radius 1 is 1.14 bits per heavy atom. The first-order valence-corrected chi connectivity index (χ1v) is 7.12. The van der Waals surface area contributed by atoms with E-state index < -0.39 is 11.5 Å². The van der Waals surface area contributed by atoms with Gasteiger partial charge >= 0.3 is 5.97 Å². The third-order valence-corrected chi connectivity index (χ3v) is 4.08. The third-order valence-electron chi connectivity index (χ3n) is 3.34. The van der Waals surface area contributed by atoms with Crippen molar-refractivity contribution in [1.82, 2.24) is 0 Å². The molecule has 0 fully saturated rings. The summed E-state index contributed by atoms with van der Waals surface area (Å²) in [7, 11) is 0. The van der Waals surface area contributed by atoms with Crippen LogP contribution in [0.3, 0.4) is 0 Å². The van der Waals surface area contributed by atoms with E-state index in [-0.39, 0.29) is 0 Å². The molecule has 0 spiro atoms. The smallest absolute Gasteiger partial charge is 0.333 e. The van der Waals surface area contributed by atoms with Gasteiger partial charge in [-0.3, -0.25) is 0 Å². The highest BCUT2D eigenvalue weighted by molar-refractivity contribution is 6.42. The maximum atomic E-state index is 11.8. The van der Waals surface area contributed by atoms with Crippen LogP contribution in [-0.2, 0) is 10.3 Å². The van der Waals surface area contributed by atoms with Gasteiger partial charge in [0.15, 0.2) is 5.54 Å². The zero-order valence-electron chi connectivity index (χ0n) is 11.7. The first kappa shape index (κ1) is 15.7. The van der Waals surface area contributed by atoms with Crippen molar-refractivity contribution in [2.24, 2.45) is 0 Å². The van der Waals surface area contributed by atoms with Gasteiger partial charge in [0.2, 0.25) is 0 Å². The molecule has 21 heavy (non-hydrogen) atoms. The Kier molecular flexibility index (Phi) is 4.45. The fourth-order valence-electron chi connectivity index (χ4n) is 2.07. The zero-order chi connectivity index (χ0) is 15.6. The molecule has 2 N–H and O–H groups in total. The van der Waals surface area contributed by atoms with Crippen LogP contribution >= 0.6 is 23.2 Å². The van der Waals surface area contributed by atoms with Gasteiger partial charge in [-0.05, 0) is 49.2 Å². The molecule has 2 rings (SSSR count). The predicted octanol–water partition coefficient (Wildman–Crippen LogP) is 4.71. The van der Waals surface area contributed by atoms with Crippen LogP contribution < -0.4 is 5.32 Å². The van der Waals surface area contributed by atoms with E-state index in [9.17, 15) is 9.90 Å². The normalized spacial score (nSPS) is 13.5. The van der Waals surface area contributed by atoms with Gasteiger partial charge in [-0.15, -0.1) is 0 Å². The molecule has 1 atom stereocenters. The summed E-state index contributed by atoms with van der Waals surface area (Å²) >= 11 is 11.9. The highest BCUT2D eigenvalue weighted by atomic mass is 35.5. The second-order valence-electron chi connectivity index (χ2n) is 5.05. The molecule has 0 saturated carbocycles. The quantitative estimate of drug-likeness (QED) is 0.856. The van der Waals surface area contributed by atoms with Crippen LogP contribution in [-0.4, -0.2) is 11.1 Å². The number of hydrogen-bond acceptors (Lipinski definition) is 2. The molecule has 5 heteroatoms. The molecule has 2 aromatic carbocycles. The molecule has 0 bridgehead atoms. The van der Waals surface area contributed by atoms with E-state index in [4.69, 9.17) is 23.2 Å². The summed E-state index contributed by atoms with van der Waals surface area (Å²) in [5.41, 5.74) is 1.00. The van der Waals surface area contributed by atoms with Gasteiger partial charge in [-0.2, -0.15) is 0 Å². The number of nitrogens with one attached hydrogen (secondary N) is 1. The lowest BCUT2D eigenvalue weighted by molar-refractivity contribution is -0.142. The molecule has 110 valence electrons. The van der Waals surface area contributed by atoms with Gasteiger partial charge in [0.1, 0.15) is 0 Å². The molecule has 0 aliphatic heterocycles. The Morgan fingerprint density at radius 2 is 1.86 bits per heavy atom. The number of halogens is 2. The topological polar surface area (TPSA) is 49.3 Å². The minimum atomic E-state index is -1.30. The second kappa shape index (κ2) is 5.96. The second-order valence-corrected chi connectivity index (χ2v) is 5.87. The molecule has 2 aromatic rings. The number of rotatable bonds is 4. The molecule has 1 unspecified atom stereocenters. The Labute approximate surface area is 133 Å². The summed E-state index contributed by atoms with van der Waals surface area (Å²) in [5, 5.41) is 13.4. The van der Waals surface area contributed by atoms with Crippen molar-refractivity contribution >= 4 is 34.9 Å². The maximum Gasteiger partial charge on any atom is 0.333 e. The Balaban J connectivity index is 2.45. The van der Waals surface area contributed by atoms with Crippen molar-refractivity contribution in [3.63, 3.8) is 0 Å².